The number of aliphatic carboxylic acids is 1. The molecule has 1 aromatic carbocycles. The Hall–Kier alpha value is -4.46. The van der Waals surface area contributed by atoms with Crippen molar-refractivity contribution in [2.75, 3.05) is 7.11 Å². The number of Topliss-reactive ketones (excluding diaryl/α,β-unsaturated/α-hetero) is 1. The van der Waals surface area contributed by atoms with Crippen LogP contribution < -0.4 is 9.47 Å². The number of rotatable bonds is 12. The number of benzene rings is 1. The molecular weight excluding hydrogens is 544 g/mol. The van der Waals surface area contributed by atoms with E-state index in [0.29, 0.717) is 46.5 Å². The second-order valence-electron chi connectivity index (χ2n) is 12.3. The Balaban J connectivity index is 1.97. The smallest absolute Gasteiger partial charge is 0.309 e. The van der Waals surface area contributed by atoms with Gasteiger partial charge in [0.15, 0.2) is 5.78 Å². The molecule has 4 aromatic rings. The highest BCUT2D eigenvalue weighted by atomic mass is 16.5. The SMILES string of the molecule is CCCC(C)(Cc1c(C(=O)C(C)(C)C)c2cc(OCc3cccc(C)n3)ccn2c1C(=O)c1ccc(OC)cc1)C(=O)O. The second kappa shape index (κ2) is 12.4. The van der Waals surface area contributed by atoms with Crippen LogP contribution in [0.15, 0.2) is 60.8 Å². The van der Waals surface area contributed by atoms with Crippen molar-refractivity contribution in [3.05, 3.63) is 94.6 Å². The van der Waals surface area contributed by atoms with E-state index < -0.39 is 16.8 Å². The van der Waals surface area contributed by atoms with Gasteiger partial charge < -0.3 is 19.0 Å². The number of nitrogens with zero attached hydrogens (tertiary/aromatic N) is 2. The zero-order chi connectivity index (χ0) is 31.5. The zero-order valence-electron chi connectivity index (χ0n) is 26.0. The van der Waals surface area contributed by atoms with Gasteiger partial charge in [0.05, 0.1) is 29.4 Å². The summed E-state index contributed by atoms with van der Waals surface area (Å²) in [5, 5.41) is 10.3. The Kier molecular flexibility index (Phi) is 9.09. The van der Waals surface area contributed by atoms with Gasteiger partial charge in [0.1, 0.15) is 18.1 Å². The monoisotopic (exact) mass is 584 g/mol. The van der Waals surface area contributed by atoms with Crippen molar-refractivity contribution in [2.45, 2.75) is 67.4 Å². The lowest BCUT2D eigenvalue weighted by Gasteiger charge is -2.26. The largest absolute Gasteiger partial charge is 0.497 e. The quantitative estimate of drug-likeness (QED) is 0.177. The maximum Gasteiger partial charge on any atom is 0.309 e. The molecule has 0 saturated heterocycles. The molecule has 3 aromatic heterocycles. The first-order valence-corrected chi connectivity index (χ1v) is 14.5. The third-order valence-corrected chi connectivity index (χ3v) is 7.70. The van der Waals surface area contributed by atoms with Crippen LogP contribution in [-0.4, -0.2) is 39.1 Å². The molecule has 4 rings (SSSR count). The predicted molar refractivity (Wildman–Crippen MR) is 165 cm³/mol. The lowest BCUT2D eigenvalue weighted by atomic mass is 9.76. The number of carbonyl (C=O) groups excluding carboxylic acids is 2. The van der Waals surface area contributed by atoms with Crippen LogP contribution in [0.25, 0.3) is 5.52 Å². The number of ether oxygens (including phenoxy) is 2. The summed E-state index contributed by atoms with van der Waals surface area (Å²) >= 11 is 0. The molecule has 8 nitrogen and oxygen atoms in total. The fraction of sp³-hybridized carbons (Fsp3) is 0.371. The number of hydrogen-bond donors (Lipinski definition) is 1. The molecule has 0 aliphatic heterocycles. The Morgan fingerprint density at radius 3 is 2.26 bits per heavy atom. The number of carbonyl (C=O) groups is 3. The first-order chi connectivity index (χ1) is 20.3. The van der Waals surface area contributed by atoms with E-state index in [1.165, 1.54) is 0 Å². The van der Waals surface area contributed by atoms with Crippen molar-refractivity contribution in [2.24, 2.45) is 10.8 Å². The van der Waals surface area contributed by atoms with Crippen molar-refractivity contribution in [1.29, 1.82) is 0 Å². The van der Waals surface area contributed by atoms with Crippen molar-refractivity contribution in [3.63, 3.8) is 0 Å². The average Bonchev–Trinajstić information content (AvgIpc) is 3.27. The lowest BCUT2D eigenvalue weighted by Crippen LogP contribution is -2.32. The number of aryl methyl sites for hydroxylation is 1. The third-order valence-electron chi connectivity index (χ3n) is 7.70. The molecule has 8 heteroatoms. The van der Waals surface area contributed by atoms with Crippen LogP contribution >= 0.6 is 0 Å². The molecular formula is C35H40N2O6. The second-order valence-corrected chi connectivity index (χ2v) is 12.3. The molecule has 0 aliphatic carbocycles. The number of hydrogen-bond acceptors (Lipinski definition) is 6. The number of carboxylic acids is 1. The highest BCUT2D eigenvalue weighted by Gasteiger charge is 2.39. The van der Waals surface area contributed by atoms with E-state index in [-0.39, 0.29) is 30.3 Å². The third kappa shape index (κ3) is 6.63. The van der Waals surface area contributed by atoms with Crippen molar-refractivity contribution in [3.8, 4) is 11.5 Å². The molecule has 0 aliphatic rings. The van der Waals surface area contributed by atoms with E-state index in [2.05, 4.69) is 4.98 Å². The van der Waals surface area contributed by atoms with E-state index in [9.17, 15) is 19.5 Å². The fourth-order valence-electron chi connectivity index (χ4n) is 5.35. The van der Waals surface area contributed by atoms with Crippen molar-refractivity contribution in [1.82, 2.24) is 9.38 Å². The van der Waals surface area contributed by atoms with Gasteiger partial charge in [0.25, 0.3) is 0 Å². The number of aromatic nitrogens is 2. The number of fused-ring (bicyclic) bond motifs is 1. The van der Waals surface area contributed by atoms with Crippen LogP contribution in [0.4, 0.5) is 0 Å². The van der Waals surface area contributed by atoms with Gasteiger partial charge in [0.2, 0.25) is 5.78 Å². The van der Waals surface area contributed by atoms with Gasteiger partial charge in [0, 0.05) is 34.5 Å². The number of methoxy groups -OCH3 is 1. The summed E-state index contributed by atoms with van der Waals surface area (Å²) in [6, 6.07) is 15.9. The molecule has 226 valence electrons. The molecule has 0 bridgehead atoms. The first-order valence-electron chi connectivity index (χ1n) is 14.5. The normalized spacial score (nSPS) is 13.0. The van der Waals surface area contributed by atoms with Gasteiger partial charge in [-0.15, -0.1) is 0 Å². The van der Waals surface area contributed by atoms with E-state index >= 15 is 0 Å². The predicted octanol–water partition coefficient (Wildman–Crippen LogP) is 7.12. The topological polar surface area (TPSA) is 107 Å². The van der Waals surface area contributed by atoms with E-state index in [4.69, 9.17) is 9.47 Å². The Morgan fingerprint density at radius 1 is 0.977 bits per heavy atom. The average molecular weight is 585 g/mol. The van der Waals surface area contributed by atoms with E-state index in [1.54, 1.807) is 61.0 Å². The van der Waals surface area contributed by atoms with Crippen LogP contribution in [0.2, 0.25) is 0 Å². The van der Waals surface area contributed by atoms with Gasteiger partial charge in [-0.05, 0) is 74.7 Å². The Morgan fingerprint density at radius 2 is 1.67 bits per heavy atom. The molecule has 0 saturated carbocycles. The summed E-state index contributed by atoms with van der Waals surface area (Å²) in [6.45, 7) is 11.2. The molecule has 0 fully saturated rings. The minimum atomic E-state index is -1.20. The molecule has 0 spiro atoms. The summed E-state index contributed by atoms with van der Waals surface area (Å²) < 4.78 is 13.1. The van der Waals surface area contributed by atoms with Crippen molar-refractivity contribution >= 4 is 23.1 Å². The van der Waals surface area contributed by atoms with Crippen molar-refractivity contribution < 1.29 is 29.0 Å². The Bertz CT molecular complexity index is 1660. The van der Waals surface area contributed by atoms with Gasteiger partial charge >= 0.3 is 5.97 Å². The van der Waals surface area contributed by atoms with Crippen LogP contribution in [0.1, 0.15) is 90.8 Å². The maximum absolute atomic E-state index is 14.2. The van der Waals surface area contributed by atoms with Crippen LogP contribution in [0, 0.1) is 17.8 Å². The molecule has 43 heavy (non-hydrogen) atoms. The van der Waals surface area contributed by atoms with Crippen LogP contribution in [0.3, 0.4) is 0 Å². The highest BCUT2D eigenvalue weighted by molar-refractivity contribution is 6.15. The summed E-state index contributed by atoms with van der Waals surface area (Å²) in [7, 11) is 1.55. The summed E-state index contributed by atoms with van der Waals surface area (Å²) in [4.78, 5) is 45.5. The van der Waals surface area contributed by atoms with Gasteiger partial charge in [-0.3, -0.25) is 19.4 Å². The summed E-state index contributed by atoms with van der Waals surface area (Å²) in [6.07, 6.45) is 2.73. The van der Waals surface area contributed by atoms with Gasteiger partial charge in [-0.25, -0.2) is 0 Å². The number of ketones is 2. The molecule has 3 heterocycles. The summed E-state index contributed by atoms with van der Waals surface area (Å²) in [5.41, 5.74) is 1.56. The molecule has 1 N–H and O–H groups in total. The standard InChI is InChI=1S/C35H40N2O6/c1-8-17-35(6,33(40)41)20-27-29(32(39)34(3,4)5)28-19-26(43-21-24-11-9-10-22(2)36-24)16-18-37(28)30(27)31(38)23-12-14-25(42-7)15-13-23/h9-16,18-19H,8,17,20-21H2,1-7H3,(H,40,41). The van der Waals surface area contributed by atoms with E-state index in [1.807, 2.05) is 52.8 Å². The minimum Gasteiger partial charge on any atom is -0.497 e. The van der Waals surface area contributed by atoms with Crippen LogP contribution in [0.5, 0.6) is 11.5 Å². The number of pyridine rings is 2. The van der Waals surface area contributed by atoms with E-state index in [0.717, 1.165) is 11.4 Å². The summed E-state index contributed by atoms with van der Waals surface area (Å²) in [5.74, 6) is -0.373. The molecule has 0 amide bonds. The highest BCUT2D eigenvalue weighted by Crippen LogP contribution is 2.39. The minimum absolute atomic E-state index is 0.00956. The lowest BCUT2D eigenvalue weighted by molar-refractivity contribution is -0.148. The van der Waals surface area contributed by atoms with Crippen LogP contribution in [-0.2, 0) is 17.8 Å². The molecule has 1 atom stereocenters. The maximum atomic E-state index is 14.2. The Labute approximate surface area is 252 Å². The number of carboxylic acid groups (broad SMARTS) is 1. The molecule has 0 radical (unpaired) electrons. The fourth-order valence-corrected chi connectivity index (χ4v) is 5.35. The van der Waals surface area contributed by atoms with Gasteiger partial charge in [-0.1, -0.05) is 40.2 Å². The van der Waals surface area contributed by atoms with Gasteiger partial charge in [-0.2, -0.15) is 0 Å². The zero-order valence-corrected chi connectivity index (χ0v) is 26.0. The molecule has 1 unspecified atom stereocenters. The first kappa shape index (κ1) is 31.5.